The van der Waals surface area contributed by atoms with Crippen LogP contribution in [0.4, 0.5) is 0 Å². The van der Waals surface area contributed by atoms with Gasteiger partial charge in [-0.15, -0.1) is 0 Å². The number of halogens is 1. The maximum Gasteiger partial charge on any atom is 0.341 e. The van der Waals surface area contributed by atoms with Gasteiger partial charge >= 0.3 is 11.9 Å². The fourth-order valence-corrected chi connectivity index (χ4v) is 1.40. The van der Waals surface area contributed by atoms with Crippen LogP contribution in [-0.4, -0.2) is 35.4 Å². The van der Waals surface area contributed by atoms with Gasteiger partial charge in [0.25, 0.3) is 0 Å². The lowest BCUT2D eigenvalue weighted by atomic mass is 10.2. The molecule has 0 atom stereocenters. The molecular formula is C11H11ClO6. The van der Waals surface area contributed by atoms with Crippen LogP contribution in [-0.2, 0) is 9.59 Å². The molecule has 7 heteroatoms. The van der Waals surface area contributed by atoms with E-state index in [4.69, 9.17) is 31.3 Å². The molecule has 1 aromatic carbocycles. The van der Waals surface area contributed by atoms with Gasteiger partial charge in [0.1, 0.15) is 11.5 Å². The van der Waals surface area contributed by atoms with Crippen molar-refractivity contribution in [2.45, 2.75) is 6.92 Å². The molecule has 0 fully saturated rings. The summed E-state index contributed by atoms with van der Waals surface area (Å²) in [4.78, 5) is 20.7. The van der Waals surface area contributed by atoms with Gasteiger partial charge in [-0.2, -0.15) is 0 Å². The molecule has 0 heterocycles. The number of carboxylic acids is 2. The normalized spacial score (nSPS) is 9.89. The van der Waals surface area contributed by atoms with E-state index in [1.54, 1.807) is 6.92 Å². The zero-order chi connectivity index (χ0) is 13.7. The lowest BCUT2D eigenvalue weighted by molar-refractivity contribution is -0.140. The van der Waals surface area contributed by atoms with Crippen molar-refractivity contribution in [3.63, 3.8) is 0 Å². The molecule has 0 amide bonds. The first-order chi connectivity index (χ1) is 8.41. The molecule has 0 aromatic heterocycles. The van der Waals surface area contributed by atoms with Crippen LogP contribution < -0.4 is 9.47 Å². The summed E-state index contributed by atoms with van der Waals surface area (Å²) in [6.45, 7) is 0.633. The number of hydrogen-bond acceptors (Lipinski definition) is 4. The molecule has 0 aliphatic carbocycles. The first-order valence-electron chi connectivity index (χ1n) is 4.90. The third kappa shape index (κ3) is 3.81. The number of aliphatic carboxylic acids is 2. The van der Waals surface area contributed by atoms with Crippen molar-refractivity contribution in [3.05, 3.63) is 22.7 Å². The van der Waals surface area contributed by atoms with E-state index in [0.29, 0.717) is 11.3 Å². The van der Waals surface area contributed by atoms with E-state index < -0.39 is 25.2 Å². The van der Waals surface area contributed by atoms with Crippen molar-refractivity contribution in [1.82, 2.24) is 0 Å². The van der Waals surface area contributed by atoms with Crippen LogP contribution in [0, 0.1) is 6.92 Å². The van der Waals surface area contributed by atoms with E-state index in [-0.39, 0.29) is 10.8 Å². The molecule has 18 heavy (non-hydrogen) atoms. The second kappa shape index (κ2) is 6.11. The first kappa shape index (κ1) is 14.1. The Bertz CT molecular complexity index is 428. The van der Waals surface area contributed by atoms with Crippen LogP contribution in [0.15, 0.2) is 12.1 Å². The van der Waals surface area contributed by atoms with Crippen LogP contribution in [0.2, 0.25) is 5.02 Å². The Kier molecular flexibility index (Phi) is 4.79. The second-order valence-electron chi connectivity index (χ2n) is 3.37. The van der Waals surface area contributed by atoms with Gasteiger partial charge in [-0.25, -0.2) is 9.59 Å². The molecule has 0 spiro atoms. The fraction of sp³-hybridized carbons (Fsp3) is 0.273. The van der Waals surface area contributed by atoms with E-state index in [9.17, 15) is 9.59 Å². The number of rotatable bonds is 6. The maximum absolute atomic E-state index is 10.4. The topological polar surface area (TPSA) is 93.1 Å². The van der Waals surface area contributed by atoms with Gasteiger partial charge in [-0.1, -0.05) is 11.6 Å². The molecule has 0 unspecified atom stereocenters. The Morgan fingerprint density at radius 1 is 1.11 bits per heavy atom. The Labute approximate surface area is 108 Å². The highest BCUT2D eigenvalue weighted by Gasteiger charge is 2.12. The molecule has 0 aliphatic rings. The van der Waals surface area contributed by atoms with Crippen LogP contribution in [0.25, 0.3) is 0 Å². The molecule has 1 aromatic rings. The molecule has 6 nitrogen and oxygen atoms in total. The average Bonchev–Trinajstić information content (AvgIpc) is 2.29. The summed E-state index contributed by atoms with van der Waals surface area (Å²) in [7, 11) is 0. The smallest absolute Gasteiger partial charge is 0.341 e. The standard InChI is InChI=1S/C11H11ClO6/c1-6-7(17-4-9(13)14)2-3-8(11(6)12)18-5-10(15)16/h2-3H,4-5H2,1H3,(H,13,14)(H,15,16). The van der Waals surface area contributed by atoms with Gasteiger partial charge in [0.05, 0.1) is 5.02 Å². The highest BCUT2D eigenvalue weighted by atomic mass is 35.5. The van der Waals surface area contributed by atoms with Crippen molar-refractivity contribution in [2.75, 3.05) is 13.2 Å². The minimum absolute atomic E-state index is 0.194. The van der Waals surface area contributed by atoms with E-state index in [0.717, 1.165) is 0 Å². The molecule has 0 radical (unpaired) electrons. The maximum atomic E-state index is 10.4. The predicted octanol–water partition coefficient (Wildman–Crippen LogP) is 1.58. The monoisotopic (exact) mass is 274 g/mol. The van der Waals surface area contributed by atoms with Crippen molar-refractivity contribution in [1.29, 1.82) is 0 Å². The minimum atomic E-state index is -1.12. The SMILES string of the molecule is Cc1c(OCC(=O)O)ccc(OCC(=O)O)c1Cl. The molecule has 2 N–H and O–H groups in total. The summed E-state index contributed by atoms with van der Waals surface area (Å²) < 4.78 is 9.96. The third-order valence-electron chi connectivity index (χ3n) is 2.00. The summed E-state index contributed by atoms with van der Waals surface area (Å²) in [6.07, 6.45) is 0. The Hall–Kier alpha value is -1.95. The van der Waals surface area contributed by atoms with Gasteiger partial charge in [-0.05, 0) is 19.1 Å². The average molecular weight is 275 g/mol. The summed E-state index contributed by atoms with van der Waals surface area (Å²) in [5.74, 6) is -1.70. The summed E-state index contributed by atoms with van der Waals surface area (Å²) in [5, 5.41) is 17.2. The zero-order valence-corrected chi connectivity index (χ0v) is 10.2. The number of hydrogen-bond donors (Lipinski definition) is 2. The highest BCUT2D eigenvalue weighted by molar-refractivity contribution is 6.33. The van der Waals surface area contributed by atoms with Crippen molar-refractivity contribution in [2.24, 2.45) is 0 Å². The van der Waals surface area contributed by atoms with Gasteiger partial charge in [-0.3, -0.25) is 0 Å². The van der Waals surface area contributed by atoms with E-state index in [1.165, 1.54) is 12.1 Å². The molecule has 0 aliphatic heterocycles. The number of ether oxygens (including phenoxy) is 2. The molecule has 98 valence electrons. The Morgan fingerprint density at radius 3 is 2.06 bits per heavy atom. The van der Waals surface area contributed by atoms with E-state index in [2.05, 4.69) is 0 Å². The number of carbonyl (C=O) groups is 2. The summed E-state index contributed by atoms with van der Waals surface area (Å²) in [5.41, 5.74) is 0.487. The predicted molar refractivity (Wildman–Crippen MR) is 62.5 cm³/mol. The Morgan fingerprint density at radius 2 is 1.56 bits per heavy atom. The Balaban J connectivity index is 2.83. The quantitative estimate of drug-likeness (QED) is 0.818. The van der Waals surface area contributed by atoms with Gasteiger partial charge in [0, 0.05) is 5.56 Å². The van der Waals surface area contributed by atoms with Gasteiger partial charge in [0.15, 0.2) is 13.2 Å². The van der Waals surface area contributed by atoms with Crippen LogP contribution in [0.5, 0.6) is 11.5 Å². The fourth-order valence-electron chi connectivity index (χ4n) is 1.19. The number of benzene rings is 1. The molecule has 1 rings (SSSR count). The minimum Gasteiger partial charge on any atom is -0.482 e. The summed E-state index contributed by atoms with van der Waals surface area (Å²) in [6, 6.07) is 2.90. The molecule has 0 saturated carbocycles. The van der Waals surface area contributed by atoms with Crippen molar-refractivity contribution < 1.29 is 29.3 Å². The van der Waals surface area contributed by atoms with Gasteiger partial charge in [0.2, 0.25) is 0 Å². The molecular weight excluding hydrogens is 264 g/mol. The molecule has 0 saturated heterocycles. The molecule has 0 bridgehead atoms. The van der Waals surface area contributed by atoms with Crippen molar-refractivity contribution in [3.8, 4) is 11.5 Å². The first-order valence-corrected chi connectivity index (χ1v) is 5.28. The second-order valence-corrected chi connectivity index (χ2v) is 3.74. The van der Waals surface area contributed by atoms with E-state index in [1.807, 2.05) is 0 Å². The van der Waals surface area contributed by atoms with Crippen LogP contribution in [0.1, 0.15) is 5.56 Å². The van der Waals surface area contributed by atoms with Crippen LogP contribution in [0.3, 0.4) is 0 Å². The number of carboxylic acid groups (broad SMARTS) is 2. The third-order valence-corrected chi connectivity index (χ3v) is 2.47. The lowest BCUT2D eigenvalue weighted by Gasteiger charge is -2.12. The lowest BCUT2D eigenvalue weighted by Crippen LogP contribution is -2.11. The van der Waals surface area contributed by atoms with Crippen molar-refractivity contribution >= 4 is 23.5 Å². The zero-order valence-electron chi connectivity index (χ0n) is 9.47. The van der Waals surface area contributed by atoms with E-state index >= 15 is 0 Å². The largest absolute Gasteiger partial charge is 0.482 e. The van der Waals surface area contributed by atoms with Gasteiger partial charge < -0.3 is 19.7 Å². The van der Waals surface area contributed by atoms with Crippen LogP contribution >= 0.6 is 11.6 Å². The highest BCUT2D eigenvalue weighted by Crippen LogP contribution is 2.34. The summed E-state index contributed by atoms with van der Waals surface area (Å²) >= 11 is 5.95.